The largest absolute Gasteiger partial charge is 0.497 e. The predicted octanol–water partition coefficient (Wildman–Crippen LogP) is 5.54. The summed E-state index contributed by atoms with van der Waals surface area (Å²) in [6, 6.07) is 16.9. The Morgan fingerprint density at radius 3 is 2.61 bits per heavy atom. The first-order valence-electron chi connectivity index (χ1n) is 10.3. The van der Waals surface area contributed by atoms with Gasteiger partial charge in [-0.3, -0.25) is 9.59 Å². The van der Waals surface area contributed by atoms with Crippen molar-refractivity contribution >= 4 is 39.9 Å². The lowest BCUT2D eigenvalue weighted by Crippen LogP contribution is -2.17. The number of methoxy groups -OCH3 is 1. The van der Waals surface area contributed by atoms with Crippen molar-refractivity contribution in [3.63, 3.8) is 0 Å². The maximum absolute atomic E-state index is 13.2. The van der Waals surface area contributed by atoms with Gasteiger partial charge >= 0.3 is 0 Å². The highest BCUT2D eigenvalue weighted by Gasteiger charge is 2.26. The lowest BCUT2D eigenvalue weighted by molar-refractivity contribution is -0.111. The number of hydrogen-bond donors (Lipinski definition) is 2. The van der Waals surface area contributed by atoms with E-state index in [1.165, 1.54) is 22.3 Å². The minimum atomic E-state index is -0.252. The summed E-state index contributed by atoms with van der Waals surface area (Å²) in [6.45, 7) is 0. The number of ether oxygens (including phenoxy) is 1. The first kappa shape index (κ1) is 20.9. The maximum atomic E-state index is 13.2. The van der Waals surface area contributed by atoms with Gasteiger partial charge in [0.15, 0.2) is 0 Å². The molecule has 0 saturated heterocycles. The van der Waals surface area contributed by atoms with Gasteiger partial charge in [-0.25, -0.2) is 0 Å². The van der Waals surface area contributed by atoms with Crippen molar-refractivity contribution < 1.29 is 14.3 Å². The van der Waals surface area contributed by atoms with Crippen LogP contribution in [0.2, 0.25) is 0 Å². The lowest BCUT2D eigenvalue weighted by atomic mass is 9.95. The van der Waals surface area contributed by atoms with E-state index in [4.69, 9.17) is 4.74 Å². The fourth-order valence-corrected chi connectivity index (χ4v) is 4.97. The molecule has 2 aromatic carbocycles. The fraction of sp³-hybridized carbons (Fsp3) is 0.200. The van der Waals surface area contributed by atoms with Gasteiger partial charge < -0.3 is 15.4 Å². The summed E-state index contributed by atoms with van der Waals surface area (Å²) in [6.07, 6.45) is 7.20. The molecule has 0 fully saturated rings. The summed E-state index contributed by atoms with van der Waals surface area (Å²) in [4.78, 5) is 27.0. The van der Waals surface area contributed by atoms with E-state index in [2.05, 4.69) is 10.6 Å². The van der Waals surface area contributed by atoms with Crippen molar-refractivity contribution in [2.45, 2.75) is 25.7 Å². The van der Waals surface area contributed by atoms with E-state index < -0.39 is 0 Å². The zero-order valence-corrected chi connectivity index (χ0v) is 18.1. The van der Waals surface area contributed by atoms with Crippen molar-refractivity contribution in [1.29, 1.82) is 0 Å². The number of carbonyl (C=O) groups excluding carboxylic acids is 2. The van der Waals surface area contributed by atoms with E-state index in [1.54, 1.807) is 19.3 Å². The highest BCUT2D eigenvalue weighted by atomic mass is 32.1. The van der Waals surface area contributed by atoms with Gasteiger partial charge in [-0.2, -0.15) is 0 Å². The number of anilines is 2. The van der Waals surface area contributed by atoms with Gasteiger partial charge in [0.2, 0.25) is 5.91 Å². The number of carbonyl (C=O) groups is 2. The zero-order chi connectivity index (χ0) is 21.6. The Kier molecular flexibility index (Phi) is 6.48. The standard InChI is InChI=1S/C25H24N2O3S/c1-30-19-11-7-10-18(16-19)26-24(29)23-20-12-5-6-13-21(20)31-25(23)27-22(28)15-14-17-8-3-2-4-9-17/h2-4,7-11,14-16H,5-6,12-13H2,1H3,(H,26,29)(H,27,28)/b15-14+. The number of nitrogens with one attached hydrogen (secondary N) is 2. The highest BCUT2D eigenvalue weighted by Crippen LogP contribution is 2.38. The number of aryl methyl sites for hydroxylation is 1. The molecule has 0 bridgehead atoms. The number of thiophene rings is 1. The molecule has 31 heavy (non-hydrogen) atoms. The summed E-state index contributed by atoms with van der Waals surface area (Å²) in [5.41, 5.74) is 3.23. The van der Waals surface area contributed by atoms with E-state index in [1.807, 2.05) is 48.5 Å². The van der Waals surface area contributed by atoms with E-state index >= 15 is 0 Å². The lowest BCUT2D eigenvalue weighted by Gasteiger charge is -2.13. The van der Waals surface area contributed by atoms with Crippen LogP contribution in [0.25, 0.3) is 6.08 Å². The summed E-state index contributed by atoms with van der Waals surface area (Å²) in [5.74, 6) is 0.206. The Hall–Kier alpha value is -3.38. The Morgan fingerprint density at radius 1 is 1.00 bits per heavy atom. The molecule has 2 N–H and O–H groups in total. The van der Waals surface area contributed by atoms with Crippen molar-refractivity contribution in [3.05, 3.63) is 82.2 Å². The van der Waals surface area contributed by atoms with Crippen molar-refractivity contribution in [2.24, 2.45) is 0 Å². The summed E-state index contributed by atoms with van der Waals surface area (Å²) >= 11 is 1.51. The van der Waals surface area contributed by atoms with Crippen LogP contribution >= 0.6 is 11.3 Å². The van der Waals surface area contributed by atoms with Gasteiger partial charge in [0, 0.05) is 22.7 Å². The Morgan fingerprint density at radius 2 is 1.81 bits per heavy atom. The fourth-order valence-electron chi connectivity index (χ4n) is 3.68. The second kappa shape index (κ2) is 9.62. The van der Waals surface area contributed by atoms with Gasteiger partial charge in [0.25, 0.3) is 5.91 Å². The molecule has 1 aliphatic carbocycles. The predicted molar refractivity (Wildman–Crippen MR) is 126 cm³/mol. The Balaban J connectivity index is 1.57. The monoisotopic (exact) mass is 432 g/mol. The topological polar surface area (TPSA) is 67.4 Å². The SMILES string of the molecule is COc1cccc(NC(=O)c2c(NC(=O)/C=C/c3ccccc3)sc3c2CCCC3)c1. The van der Waals surface area contributed by atoms with Gasteiger partial charge in [0.1, 0.15) is 10.8 Å². The van der Waals surface area contributed by atoms with E-state index in [-0.39, 0.29) is 11.8 Å². The minimum absolute atomic E-state index is 0.213. The first-order chi connectivity index (χ1) is 15.1. The number of hydrogen-bond acceptors (Lipinski definition) is 4. The maximum Gasteiger partial charge on any atom is 0.258 e. The van der Waals surface area contributed by atoms with E-state index in [9.17, 15) is 9.59 Å². The molecule has 0 aliphatic heterocycles. The molecule has 4 rings (SSSR count). The molecule has 0 unspecified atom stereocenters. The molecule has 5 nitrogen and oxygen atoms in total. The first-order valence-corrected chi connectivity index (χ1v) is 11.1. The van der Waals surface area contributed by atoms with Crippen LogP contribution < -0.4 is 15.4 Å². The van der Waals surface area contributed by atoms with Crippen LogP contribution in [0.4, 0.5) is 10.7 Å². The molecule has 0 spiro atoms. The van der Waals surface area contributed by atoms with Crippen molar-refractivity contribution in [1.82, 2.24) is 0 Å². The second-order valence-electron chi connectivity index (χ2n) is 7.33. The van der Waals surface area contributed by atoms with Crippen LogP contribution in [-0.4, -0.2) is 18.9 Å². The van der Waals surface area contributed by atoms with Crippen molar-refractivity contribution in [3.8, 4) is 5.75 Å². The quantitative estimate of drug-likeness (QED) is 0.503. The average molecular weight is 433 g/mol. The van der Waals surface area contributed by atoms with Crippen LogP contribution in [0, 0.1) is 0 Å². The van der Waals surface area contributed by atoms with Crippen LogP contribution in [0.3, 0.4) is 0 Å². The number of amides is 2. The summed E-state index contributed by atoms with van der Waals surface area (Å²) in [7, 11) is 1.59. The summed E-state index contributed by atoms with van der Waals surface area (Å²) in [5, 5.41) is 6.50. The Labute approximate surface area is 185 Å². The minimum Gasteiger partial charge on any atom is -0.497 e. The number of benzene rings is 2. The van der Waals surface area contributed by atoms with Crippen LogP contribution in [-0.2, 0) is 17.6 Å². The molecule has 3 aromatic rings. The van der Waals surface area contributed by atoms with Crippen LogP contribution in [0.15, 0.2) is 60.7 Å². The molecule has 0 atom stereocenters. The third-order valence-corrected chi connectivity index (χ3v) is 6.40. The molecule has 0 saturated carbocycles. The van der Waals surface area contributed by atoms with E-state index in [0.29, 0.717) is 22.0 Å². The smallest absolute Gasteiger partial charge is 0.258 e. The van der Waals surface area contributed by atoms with Crippen molar-refractivity contribution in [2.75, 3.05) is 17.7 Å². The summed E-state index contributed by atoms with van der Waals surface area (Å²) < 4.78 is 5.24. The molecule has 1 aromatic heterocycles. The second-order valence-corrected chi connectivity index (χ2v) is 8.44. The third kappa shape index (κ3) is 5.03. The third-order valence-electron chi connectivity index (χ3n) is 5.19. The zero-order valence-electron chi connectivity index (χ0n) is 17.3. The molecular weight excluding hydrogens is 408 g/mol. The van der Waals surface area contributed by atoms with E-state index in [0.717, 1.165) is 36.8 Å². The van der Waals surface area contributed by atoms with Crippen LogP contribution in [0.1, 0.15) is 39.2 Å². The molecule has 158 valence electrons. The molecule has 2 amide bonds. The highest BCUT2D eigenvalue weighted by molar-refractivity contribution is 7.17. The number of fused-ring (bicyclic) bond motifs is 1. The molecular formula is C25H24N2O3S. The van der Waals surface area contributed by atoms with Gasteiger partial charge in [-0.15, -0.1) is 11.3 Å². The van der Waals surface area contributed by atoms with Gasteiger partial charge in [-0.1, -0.05) is 36.4 Å². The number of rotatable bonds is 6. The van der Waals surface area contributed by atoms with Gasteiger partial charge in [0.05, 0.1) is 12.7 Å². The normalized spacial score (nSPS) is 12.9. The average Bonchev–Trinajstić information content (AvgIpc) is 3.16. The van der Waals surface area contributed by atoms with Crippen LogP contribution in [0.5, 0.6) is 5.75 Å². The molecule has 6 heteroatoms. The Bertz CT molecular complexity index is 1120. The molecule has 1 aliphatic rings. The van der Waals surface area contributed by atoms with Gasteiger partial charge in [-0.05, 0) is 55.0 Å². The molecule has 0 radical (unpaired) electrons. The molecule has 1 heterocycles.